The number of nitrogens with zero attached hydrogens (tertiary/aromatic N) is 1. The summed E-state index contributed by atoms with van der Waals surface area (Å²) >= 11 is 5.70. The molecule has 0 atom stereocenters. The van der Waals surface area contributed by atoms with E-state index in [4.69, 9.17) is 16.1 Å². The predicted molar refractivity (Wildman–Crippen MR) is 80.0 cm³/mol. The van der Waals surface area contributed by atoms with Crippen molar-refractivity contribution in [1.29, 1.82) is 0 Å². The van der Waals surface area contributed by atoms with Crippen molar-refractivity contribution in [1.82, 2.24) is 5.16 Å². The van der Waals surface area contributed by atoms with Gasteiger partial charge in [-0.2, -0.15) is 21.6 Å². The van der Waals surface area contributed by atoms with Crippen LogP contribution in [0.25, 0.3) is 22.1 Å². The van der Waals surface area contributed by atoms with E-state index >= 15 is 0 Å². The maximum Gasteiger partial charge on any atom is 0.534 e. The van der Waals surface area contributed by atoms with Crippen molar-refractivity contribution in [2.45, 2.75) is 5.51 Å². The molecule has 0 unspecified atom stereocenters. The topological polar surface area (TPSA) is 69.4 Å². The smallest absolute Gasteiger partial charge is 0.352 e. The molecule has 0 aliphatic heterocycles. The zero-order valence-corrected chi connectivity index (χ0v) is 13.4. The van der Waals surface area contributed by atoms with Crippen LogP contribution in [0.3, 0.4) is 0 Å². The largest absolute Gasteiger partial charge is 0.534 e. The van der Waals surface area contributed by atoms with Crippen molar-refractivity contribution < 1.29 is 34.7 Å². The van der Waals surface area contributed by atoms with E-state index in [2.05, 4.69) is 9.34 Å². The Balaban J connectivity index is 2.04. The average molecular weight is 396 g/mol. The molecule has 0 fully saturated rings. The van der Waals surface area contributed by atoms with Crippen molar-refractivity contribution in [3.63, 3.8) is 0 Å². The number of aromatic nitrogens is 1. The summed E-state index contributed by atoms with van der Waals surface area (Å²) in [5, 5.41) is 2.93. The summed E-state index contributed by atoms with van der Waals surface area (Å²) in [5.74, 6) is -1.57. The van der Waals surface area contributed by atoms with E-state index in [0.717, 1.165) is 0 Å². The fraction of sp³-hybridized carbons (Fsp3) is 0.0714. The van der Waals surface area contributed by atoms with Gasteiger partial charge in [-0.15, -0.1) is 0 Å². The summed E-state index contributed by atoms with van der Waals surface area (Å²) in [5.41, 5.74) is -5.28. The first kappa shape index (κ1) is 17.5. The van der Waals surface area contributed by atoms with Crippen molar-refractivity contribution in [2.75, 3.05) is 0 Å². The van der Waals surface area contributed by atoms with E-state index in [1.165, 1.54) is 36.4 Å². The van der Waals surface area contributed by atoms with Crippen LogP contribution in [0.1, 0.15) is 0 Å². The molecule has 2 aromatic carbocycles. The zero-order chi connectivity index (χ0) is 18.4. The summed E-state index contributed by atoms with van der Waals surface area (Å²) in [4.78, 5) is 0. The lowest BCUT2D eigenvalue weighted by Crippen LogP contribution is -2.28. The Morgan fingerprint density at radius 1 is 1.16 bits per heavy atom. The van der Waals surface area contributed by atoms with Crippen LogP contribution < -0.4 is 4.18 Å². The highest BCUT2D eigenvalue weighted by atomic mass is 35.5. The van der Waals surface area contributed by atoms with Crippen molar-refractivity contribution in [3.8, 4) is 17.0 Å². The third kappa shape index (κ3) is 3.14. The number of hydrogen-bond acceptors (Lipinski definition) is 5. The van der Waals surface area contributed by atoms with Crippen LogP contribution in [0.4, 0.5) is 17.6 Å². The molecule has 132 valence electrons. The third-order valence-corrected chi connectivity index (χ3v) is 4.41. The lowest BCUT2D eigenvalue weighted by Gasteiger charge is -2.07. The van der Waals surface area contributed by atoms with Crippen LogP contribution in [-0.2, 0) is 10.1 Å². The maximum atomic E-state index is 14.0. The molecule has 0 spiro atoms. The van der Waals surface area contributed by atoms with Gasteiger partial charge in [0, 0.05) is 5.56 Å². The van der Waals surface area contributed by atoms with E-state index in [0.29, 0.717) is 5.56 Å². The van der Waals surface area contributed by atoms with Crippen molar-refractivity contribution in [3.05, 3.63) is 47.2 Å². The number of alkyl halides is 3. The molecule has 0 radical (unpaired) electrons. The van der Waals surface area contributed by atoms with Gasteiger partial charge in [-0.25, -0.2) is 4.39 Å². The average Bonchev–Trinajstić information content (AvgIpc) is 2.90. The van der Waals surface area contributed by atoms with Gasteiger partial charge in [-0.05, 0) is 28.9 Å². The van der Waals surface area contributed by atoms with Crippen LogP contribution in [0.5, 0.6) is 5.88 Å². The van der Waals surface area contributed by atoms with E-state index in [1.54, 1.807) is 0 Å². The minimum Gasteiger partial charge on any atom is -0.352 e. The van der Waals surface area contributed by atoms with Crippen molar-refractivity contribution >= 4 is 32.7 Å². The van der Waals surface area contributed by atoms with Gasteiger partial charge in [0.25, 0.3) is 5.88 Å². The second-order valence-corrected chi connectivity index (χ2v) is 6.73. The fourth-order valence-electron chi connectivity index (χ4n) is 2.02. The van der Waals surface area contributed by atoms with Gasteiger partial charge in [-0.3, -0.25) is 0 Å². The van der Waals surface area contributed by atoms with Gasteiger partial charge in [-0.1, -0.05) is 29.8 Å². The molecule has 3 aromatic rings. The first-order chi connectivity index (χ1) is 11.6. The van der Waals surface area contributed by atoms with Crippen LogP contribution >= 0.6 is 11.6 Å². The first-order valence-electron chi connectivity index (χ1n) is 6.45. The Morgan fingerprint density at radius 2 is 1.88 bits per heavy atom. The molecule has 0 N–H and O–H groups in total. The Morgan fingerprint density at radius 3 is 2.56 bits per heavy atom. The molecule has 3 rings (SSSR count). The summed E-state index contributed by atoms with van der Waals surface area (Å²) in [6, 6.07) is 8.09. The highest BCUT2D eigenvalue weighted by Crippen LogP contribution is 2.34. The molecule has 11 heteroatoms. The predicted octanol–water partition coefficient (Wildman–Crippen LogP) is 4.52. The highest BCUT2D eigenvalue weighted by molar-refractivity contribution is 7.88. The number of halogens is 5. The van der Waals surface area contributed by atoms with Gasteiger partial charge in [0.1, 0.15) is 5.82 Å². The molecule has 0 saturated carbocycles. The monoisotopic (exact) mass is 395 g/mol. The van der Waals surface area contributed by atoms with Crippen LogP contribution in [0.15, 0.2) is 40.9 Å². The molecular weight excluding hydrogens is 390 g/mol. The molecule has 0 bridgehead atoms. The van der Waals surface area contributed by atoms with Crippen molar-refractivity contribution in [2.24, 2.45) is 0 Å². The third-order valence-electron chi connectivity index (χ3n) is 3.17. The molecule has 25 heavy (non-hydrogen) atoms. The normalized spacial score (nSPS) is 12.5. The fourth-order valence-corrected chi connectivity index (χ4v) is 2.62. The number of hydrogen-bond donors (Lipinski definition) is 0. The van der Waals surface area contributed by atoms with Gasteiger partial charge >= 0.3 is 15.6 Å². The van der Waals surface area contributed by atoms with Gasteiger partial charge < -0.3 is 8.71 Å². The second kappa shape index (κ2) is 5.88. The molecular formula is C14H6ClF4NO4S. The Kier molecular flexibility index (Phi) is 4.12. The summed E-state index contributed by atoms with van der Waals surface area (Å²) < 4.78 is 82.0. The minimum absolute atomic E-state index is 0.0933. The molecule has 5 nitrogen and oxygen atoms in total. The quantitative estimate of drug-likeness (QED) is 0.370. The molecule has 0 saturated heterocycles. The van der Waals surface area contributed by atoms with E-state index in [-0.39, 0.29) is 21.6 Å². The number of benzene rings is 2. The van der Waals surface area contributed by atoms with Crippen LogP contribution in [0, 0.1) is 5.82 Å². The number of rotatable bonds is 3. The van der Waals surface area contributed by atoms with E-state index in [9.17, 15) is 26.0 Å². The lowest BCUT2D eigenvalue weighted by atomic mass is 10.0. The number of fused-ring (bicyclic) bond motifs is 1. The highest BCUT2D eigenvalue weighted by Gasteiger charge is 2.49. The van der Waals surface area contributed by atoms with Crippen LogP contribution in [0.2, 0.25) is 5.02 Å². The van der Waals surface area contributed by atoms with Gasteiger partial charge in [0.05, 0.1) is 10.4 Å². The summed E-state index contributed by atoms with van der Waals surface area (Å²) in [6.07, 6.45) is 0. The maximum absolute atomic E-state index is 14.0. The van der Waals surface area contributed by atoms with E-state index < -0.39 is 27.3 Å². The summed E-state index contributed by atoms with van der Waals surface area (Å²) in [7, 11) is -5.89. The molecule has 0 amide bonds. The Hall–Kier alpha value is -2.33. The SMILES string of the molecule is O=S(=O)(Oc1noc2cc(-c3cccc(Cl)c3F)ccc12)C(F)(F)F. The van der Waals surface area contributed by atoms with E-state index in [1.807, 2.05) is 0 Å². The first-order valence-corrected chi connectivity index (χ1v) is 8.23. The Labute approximate surface area is 142 Å². The standard InChI is InChI=1S/C14H6ClF4NO4S/c15-10-3-1-2-8(12(10)16)7-4-5-9-11(6-7)23-20-13(9)24-25(21,22)14(17,18)19/h1-6H. The Bertz CT molecular complexity index is 1060. The molecule has 0 aliphatic rings. The second-order valence-electron chi connectivity index (χ2n) is 4.78. The van der Waals surface area contributed by atoms with Gasteiger partial charge in [0.2, 0.25) is 0 Å². The zero-order valence-electron chi connectivity index (χ0n) is 11.8. The summed E-state index contributed by atoms with van der Waals surface area (Å²) in [6.45, 7) is 0. The lowest BCUT2D eigenvalue weighted by molar-refractivity contribution is -0.0501. The minimum atomic E-state index is -5.89. The molecule has 1 heterocycles. The van der Waals surface area contributed by atoms with Crippen LogP contribution in [-0.4, -0.2) is 19.1 Å². The van der Waals surface area contributed by atoms with Gasteiger partial charge in [0.15, 0.2) is 5.58 Å². The molecule has 0 aliphatic carbocycles. The molecule has 1 aromatic heterocycles.